The maximum atomic E-state index is 12.3. The van der Waals surface area contributed by atoms with Crippen molar-refractivity contribution < 1.29 is 4.79 Å². The molecule has 0 bridgehead atoms. The Morgan fingerprint density at radius 1 is 1.16 bits per heavy atom. The van der Waals surface area contributed by atoms with Gasteiger partial charge in [0.15, 0.2) is 0 Å². The third-order valence-corrected chi connectivity index (χ3v) is 4.93. The lowest BCUT2D eigenvalue weighted by molar-refractivity contribution is -0.110. The molecule has 0 radical (unpaired) electrons. The van der Waals surface area contributed by atoms with Crippen LogP contribution in [0.3, 0.4) is 0 Å². The Balaban J connectivity index is 1.73. The highest BCUT2D eigenvalue weighted by atomic mass is 79.9. The molecule has 1 amide bonds. The molecule has 4 rings (SSSR count). The molecule has 1 N–H and O–H groups in total. The van der Waals surface area contributed by atoms with Crippen molar-refractivity contribution in [2.45, 2.75) is 6.54 Å². The number of para-hydroxylation sites is 1. The van der Waals surface area contributed by atoms with Gasteiger partial charge in [-0.25, -0.2) is 0 Å². The summed E-state index contributed by atoms with van der Waals surface area (Å²) in [5.41, 5.74) is 4.29. The van der Waals surface area contributed by atoms with Gasteiger partial charge in [0.1, 0.15) is 0 Å². The van der Waals surface area contributed by atoms with Crippen LogP contribution in [0.5, 0.6) is 0 Å². The van der Waals surface area contributed by atoms with Crippen molar-refractivity contribution in [3.05, 3.63) is 81.0 Å². The molecule has 25 heavy (non-hydrogen) atoms. The molecule has 124 valence electrons. The number of fused-ring (bicyclic) bond motifs is 1. The van der Waals surface area contributed by atoms with E-state index >= 15 is 0 Å². The molecular formula is C19H13BrClN3O. The van der Waals surface area contributed by atoms with Crippen LogP contribution in [0.4, 0.5) is 5.69 Å². The summed E-state index contributed by atoms with van der Waals surface area (Å²) in [5, 5.41) is 8.01. The van der Waals surface area contributed by atoms with Crippen LogP contribution >= 0.6 is 27.5 Å². The molecule has 3 aromatic rings. The van der Waals surface area contributed by atoms with E-state index in [1.807, 2.05) is 59.3 Å². The van der Waals surface area contributed by atoms with Gasteiger partial charge in [0.05, 0.1) is 28.5 Å². The van der Waals surface area contributed by atoms with Gasteiger partial charge in [-0.2, -0.15) is 5.10 Å². The van der Waals surface area contributed by atoms with Crippen LogP contribution < -0.4 is 5.32 Å². The van der Waals surface area contributed by atoms with Gasteiger partial charge in [-0.15, -0.1) is 0 Å². The number of amides is 1. The van der Waals surface area contributed by atoms with Gasteiger partial charge in [0.25, 0.3) is 5.91 Å². The molecule has 0 aliphatic carbocycles. The van der Waals surface area contributed by atoms with Crippen LogP contribution in [-0.2, 0) is 11.3 Å². The van der Waals surface area contributed by atoms with Gasteiger partial charge in [-0.1, -0.05) is 41.9 Å². The molecule has 6 heteroatoms. The Morgan fingerprint density at radius 3 is 2.72 bits per heavy atom. The van der Waals surface area contributed by atoms with E-state index in [9.17, 15) is 4.79 Å². The number of benzene rings is 2. The largest absolute Gasteiger partial charge is 0.321 e. The Labute approximate surface area is 158 Å². The lowest BCUT2D eigenvalue weighted by atomic mass is 10.1. The molecule has 0 saturated carbocycles. The van der Waals surface area contributed by atoms with E-state index in [4.69, 9.17) is 11.6 Å². The minimum Gasteiger partial charge on any atom is -0.321 e. The van der Waals surface area contributed by atoms with Gasteiger partial charge in [0.2, 0.25) is 0 Å². The van der Waals surface area contributed by atoms with Gasteiger partial charge in [0, 0.05) is 16.3 Å². The van der Waals surface area contributed by atoms with Crippen molar-refractivity contribution in [1.82, 2.24) is 9.78 Å². The van der Waals surface area contributed by atoms with Crippen LogP contribution in [0, 0.1) is 0 Å². The molecule has 2 heterocycles. The van der Waals surface area contributed by atoms with Crippen LogP contribution in [0.1, 0.15) is 16.8 Å². The summed E-state index contributed by atoms with van der Waals surface area (Å²) in [4.78, 5) is 12.3. The molecule has 1 aromatic heterocycles. The van der Waals surface area contributed by atoms with Gasteiger partial charge < -0.3 is 5.32 Å². The van der Waals surface area contributed by atoms with E-state index < -0.39 is 0 Å². The first kappa shape index (κ1) is 16.1. The maximum Gasteiger partial charge on any atom is 0.256 e. The number of hydrogen-bond acceptors (Lipinski definition) is 2. The summed E-state index contributed by atoms with van der Waals surface area (Å²) in [6, 6.07) is 15.3. The second-order valence-electron chi connectivity index (χ2n) is 5.72. The fraction of sp³-hybridized carbons (Fsp3) is 0.0526. The summed E-state index contributed by atoms with van der Waals surface area (Å²) in [6.45, 7) is 0.588. The topological polar surface area (TPSA) is 46.9 Å². The van der Waals surface area contributed by atoms with Crippen molar-refractivity contribution in [3.8, 4) is 0 Å². The second-order valence-corrected chi connectivity index (χ2v) is 7.01. The Bertz CT molecular complexity index is 992. The first-order chi connectivity index (χ1) is 12.1. The summed E-state index contributed by atoms with van der Waals surface area (Å²) in [7, 11) is 0. The maximum absolute atomic E-state index is 12.3. The number of halogens is 2. The molecule has 0 fully saturated rings. The van der Waals surface area contributed by atoms with E-state index in [2.05, 4.69) is 26.3 Å². The van der Waals surface area contributed by atoms with Crippen molar-refractivity contribution in [1.29, 1.82) is 0 Å². The molecule has 0 saturated heterocycles. The summed E-state index contributed by atoms with van der Waals surface area (Å²) in [6.07, 6.45) is 3.61. The Kier molecular flexibility index (Phi) is 4.19. The number of rotatable bonds is 3. The zero-order valence-corrected chi connectivity index (χ0v) is 15.4. The third kappa shape index (κ3) is 3.13. The molecule has 1 aliphatic heterocycles. The average molecular weight is 415 g/mol. The van der Waals surface area contributed by atoms with E-state index in [0.29, 0.717) is 17.1 Å². The minimum absolute atomic E-state index is 0.104. The average Bonchev–Trinajstić information content (AvgIpc) is 3.11. The zero-order valence-electron chi connectivity index (χ0n) is 13.0. The Hall–Kier alpha value is -2.37. The van der Waals surface area contributed by atoms with Crippen molar-refractivity contribution >= 4 is 50.8 Å². The van der Waals surface area contributed by atoms with Crippen LogP contribution in [0.2, 0.25) is 5.02 Å². The second kappa shape index (κ2) is 6.50. The third-order valence-electron chi connectivity index (χ3n) is 4.07. The van der Waals surface area contributed by atoms with Gasteiger partial charge >= 0.3 is 0 Å². The van der Waals surface area contributed by atoms with E-state index in [-0.39, 0.29) is 5.91 Å². The number of hydrogen-bond donors (Lipinski definition) is 1. The zero-order chi connectivity index (χ0) is 17.4. The van der Waals surface area contributed by atoms with Gasteiger partial charge in [-0.3, -0.25) is 9.48 Å². The summed E-state index contributed by atoms with van der Waals surface area (Å²) >= 11 is 9.47. The fourth-order valence-electron chi connectivity index (χ4n) is 2.82. The first-order valence-electron chi connectivity index (χ1n) is 7.70. The number of anilines is 1. The highest BCUT2D eigenvalue weighted by molar-refractivity contribution is 9.10. The predicted molar refractivity (Wildman–Crippen MR) is 103 cm³/mol. The monoisotopic (exact) mass is 413 g/mol. The van der Waals surface area contributed by atoms with E-state index in [0.717, 1.165) is 27.0 Å². The Morgan fingerprint density at radius 2 is 1.92 bits per heavy atom. The number of aromatic nitrogens is 2. The van der Waals surface area contributed by atoms with Crippen molar-refractivity contribution in [2.24, 2.45) is 0 Å². The molecule has 0 spiro atoms. The normalized spacial score (nSPS) is 14.6. The SMILES string of the molecule is O=C1Nc2ccccc2/C1=C/c1c(Br)cnn1Cc1ccc(Cl)cc1. The number of nitrogens with one attached hydrogen (secondary N) is 1. The van der Waals surface area contributed by atoms with Crippen LogP contribution in [0.15, 0.2) is 59.2 Å². The fourth-order valence-corrected chi connectivity index (χ4v) is 3.36. The number of nitrogens with zero attached hydrogens (tertiary/aromatic N) is 2. The minimum atomic E-state index is -0.104. The first-order valence-corrected chi connectivity index (χ1v) is 8.87. The molecule has 1 aliphatic rings. The molecule has 0 unspecified atom stereocenters. The summed E-state index contributed by atoms with van der Waals surface area (Å²) < 4.78 is 2.69. The molecule has 4 nitrogen and oxygen atoms in total. The molecule has 2 aromatic carbocycles. The van der Waals surface area contributed by atoms with Crippen molar-refractivity contribution in [2.75, 3.05) is 5.32 Å². The highest BCUT2D eigenvalue weighted by Crippen LogP contribution is 2.34. The van der Waals surface area contributed by atoms with Crippen LogP contribution in [0.25, 0.3) is 11.6 Å². The predicted octanol–water partition coefficient (Wildman–Crippen LogP) is 4.84. The van der Waals surface area contributed by atoms with Crippen molar-refractivity contribution in [3.63, 3.8) is 0 Å². The quantitative estimate of drug-likeness (QED) is 0.623. The van der Waals surface area contributed by atoms with Crippen LogP contribution in [-0.4, -0.2) is 15.7 Å². The number of carbonyl (C=O) groups is 1. The standard InChI is InChI=1S/C19H13BrClN3O/c20-16-10-22-24(11-12-5-7-13(21)8-6-12)18(16)9-15-14-3-1-2-4-17(14)23-19(15)25/h1-10H,11H2,(H,23,25)/b15-9-. The summed E-state index contributed by atoms with van der Waals surface area (Å²) in [5.74, 6) is -0.104. The van der Waals surface area contributed by atoms with E-state index in [1.54, 1.807) is 6.20 Å². The molecule has 0 atom stereocenters. The molecular weight excluding hydrogens is 402 g/mol. The lowest BCUT2D eigenvalue weighted by Gasteiger charge is -2.07. The smallest absolute Gasteiger partial charge is 0.256 e. The number of carbonyl (C=O) groups excluding carboxylic acids is 1. The van der Waals surface area contributed by atoms with Gasteiger partial charge in [-0.05, 0) is 45.8 Å². The lowest BCUT2D eigenvalue weighted by Crippen LogP contribution is -2.06. The van der Waals surface area contributed by atoms with E-state index in [1.165, 1.54) is 0 Å². The highest BCUT2D eigenvalue weighted by Gasteiger charge is 2.24.